The van der Waals surface area contributed by atoms with Crippen LogP contribution in [0.1, 0.15) is 45.9 Å². The third-order valence-electron chi connectivity index (χ3n) is 5.53. The van der Waals surface area contributed by atoms with Crippen LogP contribution in [0.25, 0.3) is 5.70 Å². The van der Waals surface area contributed by atoms with Crippen molar-refractivity contribution in [3.63, 3.8) is 0 Å². The van der Waals surface area contributed by atoms with Gasteiger partial charge in [0.2, 0.25) is 5.91 Å². The van der Waals surface area contributed by atoms with Crippen LogP contribution in [0.4, 0.5) is 0 Å². The van der Waals surface area contributed by atoms with Crippen LogP contribution in [-0.4, -0.2) is 35.2 Å². The Hall–Kier alpha value is -2.88. The molecule has 0 aromatic heterocycles. The van der Waals surface area contributed by atoms with Crippen molar-refractivity contribution in [3.05, 3.63) is 77.4 Å². The van der Waals surface area contributed by atoms with Crippen molar-refractivity contribution in [3.8, 4) is 0 Å². The molecule has 4 nitrogen and oxygen atoms in total. The van der Waals surface area contributed by atoms with E-state index in [1.807, 2.05) is 37.4 Å². The minimum absolute atomic E-state index is 0.0293. The molecule has 26 heavy (non-hydrogen) atoms. The molecule has 132 valence electrons. The lowest BCUT2D eigenvalue weighted by molar-refractivity contribution is -0.132. The quantitative estimate of drug-likeness (QED) is 0.851. The van der Waals surface area contributed by atoms with Crippen molar-refractivity contribution < 1.29 is 9.59 Å². The van der Waals surface area contributed by atoms with E-state index in [9.17, 15) is 9.59 Å². The predicted molar refractivity (Wildman–Crippen MR) is 101 cm³/mol. The molecule has 0 fully saturated rings. The lowest BCUT2D eigenvalue weighted by atomic mass is 9.87. The van der Waals surface area contributed by atoms with Crippen molar-refractivity contribution >= 4 is 17.5 Å². The highest BCUT2D eigenvalue weighted by Gasteiger charge is 2.34. The van der Waals surface area contributed by atoms with Crippen molar-refractivity contribution in [1.82, 2.24) is 9.80 Å². The first-order valence-electron chi connectivity index (χ1n) is 9.01. The molecule has 2 aromatic carbocycles. The van der Waals surface area contributed by atoms with Gasteiger partial charge in [-0.25, -0.2) is 0 Å². The van der Waals surface area contributed by atoms with E-state index in [2.05, 4.69) is 18.7 Å². The zero-order valence-electron chi connectivity index (χ0n) is 14.9. The number of carbonyl (C=O) groups is 2. The molecule has 1 heterocycles. The number of rotatable bonds is 3. The summed E-state index contributed by atoms with van der Waals surface area (Å²) in [5, 5.41) is 0. The predicted octanol–water partition coefficient (Wildman–Crippen LogP) is 3.65. The summed E-state index contributed by atoms with van der Waals surface area (Å²) in [7, 11) is 1.84. The maximum atomic E-state index is 12.9. The molecular formula is C22H22N2O2. The Balaban J connectivity index is 1.53. The molecule has 4 rings (SSSR count). The summed E-state index contributed by atoms with van der Waals surface area (Å²) in [6.45, 7) is 4.05. The third-order valence-corrected chi connectivity index (χ3v) is 5.53. The molecular weight excluding hydrogens is 324 g/mol. The molecule has 0 unspecified atom stereocenters. The first kappa shape index (κ1) is 16.6. The van der Waals surface area contributed by atoms with Crippen LogP contribution in [-0.2, 0) is 11.2 Å². The van der Waals surface area contributed by atoms with Crippen LogP contribution in [0.3, 0.4) is 0 Å². The van der Waals surface area contributed by atoms with Gasteiger partial charge in [-0.15, -0.1) is 0 Å². The number of fused-ring (bicyclic) bond motifs is 2. The highest BCUT2D eigenvalue weighted by atomic mass is 16.2. The number of nitrogens with zero attached hydrogens (tertiary/aromatic N) is 2. The molecule has 0 saturated heterocycles. The standard InChI is InChI=1S/C22H22N2O2/c1-15-17-10-5-6-12-19(17)22(26)24(15)14-21(25)23(2)20-13-7-9-16-8-3-4-11-18(16)20/h3-6,8,10-12,20H,1,7,9,13-14H2,2H3/t20-/m1/s1. The van der Waals surface area contributed by atoms with Gasteiger partial charge in [0.1, 0.15) is 6.54 Å². The minimum atomic E-state index is -0.142. The van der Waals surface area contributed by atoms with E-state index >= 15 is 0 Å². The molecule has 2 aromatic rings. The lowest BCUT2D eigenvalue weighted by Gasteiger charge is -2.34. The molecule has 0 radical (unpaired) electrons. The molecule has 0 bridgehead atoms. The van der Waals surface area contributed by atoms with Gasteiger partial charge >= 0.3 is 0 Å². The molecule has 0 spiro atoms. The molecule has 2 amide bonds. The van der Waals surface area contributed by atoms with E-state index in [1.165, 1.54) is 16.0 Å². The normalized spacial score (nSPS) is 18.5. The molecule has 4 heteroatoms. The maximum Gasteiger partial charge on any atom is 0.259 e. The maximum absolute atomic E-state index is 12.9. The zero-order valence-corrected chi connectivity index (χ0v) is 14.9. The third kappa shape index (κ3) is 2.62. The Morgan fingerprint density at radius 1 is 1.15 bits per heavy atom. The summed E-state index contributed by atoms with van der Waals surface area (Å²) >= 11 is 0. The number of aryl methyl sites for hydroxylation is 1. The Morgan fingerprint density at radius 3 is 2.62 bits per heavy atom. The summed E-state index contributed by atoms with van der Waals surface area (Å²) in [4.78, 5) is 28.9. The van der Waals surface area contributed by atoms with E-state index in [1.54, 1.807) is 11.0 Å². The molecule has 0 saturated carbocycles. The van der Waals surface area contributed by atoms with E-state index in [0.29, 0.717) is 11.3 Å². The fourth-order valence-electron chi connectivity index (χ4n) is 4.05. The molecule has 0 N–H and O–H groups in total. The molecule has 1 aliphatic carbocycles. The fourth-order valence-corrected chi connectivity index (χ4v) is 4.05. The van der Waals surface area contributed by atoms with Gasteiger partial charge in [0.05, 0.1) is 6.04 Å². The largest absolute Gasteiger partial charge is 0.337 e. The summed E-state index contributed by atoms with van der Waals surface area (Å²) in [6, 6.07) is 15.8. The van der Waals surface area contributed by atoms with Gasteiger partial charge in [0.15, 0.2) is 0 Å². The number of carbonyl (C=O) groups excluding carboxylic acids is 2. The monoisotopic (exact) mass is 346 g/mol. The van der Waals surface area contributed by atoms with Crippen LogP contribution in [0, 0.1) is 0 Å². The number of benzene rings is 2. The average Bonchev–Trinajstić information content (AvgIpc) is 2.92. The molecule has 1 aliphatic heterocycles. The Bertz CT molecular complexity index is 868. The van der Waals surface area contributed by atoms with Crippen molar-refractivity contribution in [1.29, 1.82) is 0 Å². The van der Waals surface area contributed by atoms with E-state index in [0.717, 1.165) is 24.8 Å². The zero-order chi connectivity index (χ0) is 18.3. The van der Waals surface area contributed by atoms with Crippen LogP contribution in [0.2, 0.25) is 0 Å². The second-order valence-electron chi connectivity index (χ2n) is 7.00. The van der Waals surface area contributed by atoms with E-state index < -0.39 is 0 Å². The fraction of sp³-hybridized carbons (Fsp3) is 0.273. The topological polar surface area (TPSA) is 40.6 Å². The van der Waals surface area contributed by atoms with Gasteiger partial charge < -0.3 is 4.90 Å². The number of hydrogen-bond donors (Lipinski definition) is 0. The van der Waals surface area contributed by atoms with Gasteiger partial charge in [-0.2, -0.15) is 0 Å². The van der Waals surface area contributed by atoms with Crippen LogP contribution in [0.5, 0.6) is 0 Å². The van der Waals surface area contributed by atoms with Crippen molar-refractivity contribution in [2.24, 2.45) is 0 Å². The number of amides is 2. The van der Waals surface area contributed by atoms with Crippen molar-refractivity contribution in [2.45, 2.75) is 25.3 Å². The van der Waals surface area contributed by atoms with E-state index in [-0.39, 0.29) is 24.4 Å². The minimum Gasteiger partial charge on any atom is -0.337 e. The highest BCUT2D eigenvalue weighted by molar-refractivity contribution is 6.10. The smallest absolute Gasteiger partial charge is 0.259 e. The van der Waals surface area contributed by atoms with Gasteiger partial charge in [0.25, 0.3) is 5.91 Å². The van der Waals surface area contributed by atoms with Gasteiger partial charge in [-0.3, -0.25) is 14.5 Å². The van der Waals surface area contributed by atoms with Crippen molar-refractivity contribution in [2.75, 3.05) is 13.6 Å². The molecule has 2 aliphatic rings. The number of likely N-dealkylation sites (N-methyl/N-ethyl adjacent to an activating group) is 1. The summed E-state index contributed by atoms with van der Waals surface area (Å²) in [5.41, 5.74) is 4.59. The van der Waals surface area contributed by atoms with Gasteiger partial charge in [0, 0.05) is 23.9 Å². The van der Waals surface area contributed by atoms with Crippen LogP contribution >= 0.6 is 0 Å². The lowest BCUT2D eigenvalue weighted by Crippen LogP contribution is -2.40. The van der Waals surface area contributed by atoms with E-state index in [4.69, 9.17) is 0 Å². The summed E-state index contributed by atoms with van der Waals surface area (Å²) < 4.78 is 0. The Labute approximate surface area is 153 Å². The second kappa shape index (κ2) is 6.45. The molecule has 1 atom stereocenters. The first-order valence-corrected chi connectivity index (χ1v) is 9.01. The SMILES string of the molecule is C=C1c2ccccc2C(=O)N1CC(=O)N(C)[C@@H]1CCCc2ccccc21. The van der Waals surface area contributed by atoms with Gasteiger partial charge in [-0.05, 0) is 36.5 Å². The Morgan fingerprint density at radius 2 is 1.85 bits per heavy atom. The average molecular weight is 346 g/mol. The first-order chi connectivity index (χ1) is 12.6. The second-order valence-corrected chi connectivity index (χ2v) is 7.00. The van der Waals surface area contributed by atoms with Crippen LogP contribution < -0.4 is 0 Å². The van der Waals surface area contributed by atoms with Gasteiger partial charge in [-0.1, -0.05) is 49.0 Å². The summed E-state index contributed by atoms with van der Waals surface area (Å²) in [5.74, 6) is -0.203. The van der Waals surface area contributed by atoms with Crippen LogP contribution in [0.15, 0.2) is 55.1 Å². The number of hydrogen-bond acceptors (Lipinski definition) is 2. The Kier molecular flexibility index (Phi) is 4.11. The highest BCUT2D eigenvalue weighted by Crippen LogP contribution is 2.35. The summed E-state index contributed by atoms with van der Waals surface area (Å²) in [6.07, 6.45) is 3.08.